The van der Waals surface area contributed by atoms with Gasteiger partial charge in [0.2, 0.25) is 10.8 Å². The van der Waals surface area contributed by atoms with Crippen LogP contribution in [-0.2, 0) is 4.74 Å². The molecule has 1 aliphatic rings. The Labute approximate surface area is 130 Å². The van der Waals surface area contributed by atoms with Gasteiger partial charge in [0.25, 0.3) is 0 Å². The molecule has 1 aliphatic heterocycles. The van der Waals surface area contributed by atoms with Crippen molar-refractivity contribution in [3.05, 3.63) is 34.9 Å². The molecule has 1 fully saturated rings. The fourth-order valence-electron chi connectivity index (χ4n) is 2.93. The largest absolute Gasteiger partial charge is 0.492 e. The van der Waals surface area contributed by atoms with Gasteiger partial charge < -0.3 is 19.2 Å². The molecule has 0 amide bonds. The number of nitrogens with zero attached hydrogens (tertiary/aromatic N) is 3. The van der Waals surface area contributed by atoms with Crippen molar-refractivity contribution >= 4 is 16.3 Å². The molecule has 4 rings (SSSR count). The molecule has 0 unspecified atom stereocenters. The summed E-state index contributed by atoms with van der Waals surface area (Å²) in [4.78, 5) is 7.20. The molecule has 3 aromatic heterocycles. The van der Waals surface area contributed by atoms with E-state index >= 15 is 0 Å². The molecule has 0 radical (unpaired) electrons. The van der Waals surface area contributed by atoms with Crippen molar-refractivity contribution in [2.45, 2.75) is 13.0 Å². The van der Waals surface area contributed by atoms with Crippen molar-refractivity contribution in [1.29, 1.82) is 0 Å². The first-order valence-electron chi connectivity index (χ1n) is 7.25. The maximum atomic E-state index is 10.6. The highest BCUT2D eigenvalue weighted by atomic mass is 32.1. The number of nitrogens with one attached hydrogen (secondary N) is 1. The second-order valence-electron chi connectivity index (χ2n) is 5.36. The Morgan fingerprint density at radius 3 is 2.91 bits per heavy atom. The van der Waals surface area contributed by atoms with Crippen LogP contribution in [0.4, 0.5) is 0 Å². The van der Waals surface area contributed by atoms with Gasteiger partial charge in [0.05, 0.1) is 19.5 Å². The van der Waals surface area contributed by atoms with Gasteiger partial charge in [-0.1, -0.05) is 11.3 Å². The van der Waals surface area contributed by atoms with E-state index in [1.165, 1.54) is 20.8 Å². The molecule has 0 bridgehead atoms. The molecule has 3 aromatic rings. The second-order valence-corrected chi connectivity index (χ2v) is 6.37. The highest BCUT2D eigenvalue weighted by Gasteiger charge is 2.35. The van der Waals surface area contributed by atoms with Gasteiger partial charge in [-0.3, -0.25) is 0 Å². The van der Waals surface area contributed by atoms with Crippen molar-refractivity contribution in [3.8, 4) is 5.88 Å². The van der Waals surface area contributed by atoms with Gasteiger partial charge >= 0.3 is 0 Å². The van der Waals surface area contributed by atoms with E-state index in [2.05, 4.69) is 10.1 Å². The lowest BCUT2D eigenvalue weighted by Crippen LogP contribution is -3.14. The second kappa shape index (κ2) is 5.38. The first-order valence-corrected chi connectivity index (χ1v) is 8.06. The molecular formula is C14H17N4O3S+. The van der Waals surface area contributed by atoms with Crippen LogP contribution in [0.15, 0.2) is 22.8 Å². The van der Waals surface area contributed by atoms with E-state index in [1.807, 2.05) is 19.1 Å². The van der Waals surface area contributed by atoms with Gasteiger partial charge in [0.1, 0.15) is 23.8 Å². The van der Waals surface area contributed by atoms with Crippen molar-refractivity contribution in [2.24, 2.45) is 0 Å². The zero-order valence-corrected chi connectivity index (χ0v) is 13.0. The highest BCUT2D eigenvalue weighted by Crippen LogP contribution is 2.35. The Morgan fingerprint density at radius 2 is 2.23 bits per heavy atom. The third-order valence-electron chi connectivity index (χ3n) is 3.94. The molecular weight excluding hydrogens is 304 g/mol. The standard InChI is InChI=1S/C14H16N4O3S/c1-9-15-14-18(16-9)13(19)12(22-14)11(10-3-2-6-21-10)17-4-7-20-8-5-17/h2-3,6,11,19H,4-5,7-8H2,1H3/p+1/t11-/m0/s1. The van der Waals surface area contributed by atoms with Gasteiger partial charge in [0, 0.05) is 0 Å². The minimum absolute atomic E-state index is 0.0623. The molecule has 0 saturated carbocycles. The van der Waals surface area contributed by atoms with E-state index in [0.717, 1.165) is 23.7 Å². The first kappa shape index (κ1) is 13.7. The number of fused-ring (bicyclic) bond motifs is 1. The monoisotopic (exact) mass is 321 g/mol. The Balaban J connectivity index is 1.81. The molecule has 2 N–H and O–H groups in total. The third-order valence-corrected chi connectivity index (χ3v) is 5.02. The maximum Gasteiger partial charge on any atom is 0.235 e. The zero-order chi connectivity index (χ0) is 15.1. The molecule has 8 heteroatoms. The number of rotatable bonds is 3. The van der Waals surface area contributed by atoms with E-state index in [0.29, 0.717) is 24.0 Å². The van der Waals surface area contributed by atoms with Crippen LogP contribution < -0.4 is 4.90 Å². The van der Waals surface area contributed by atoms with Gasteiger partial charge in [-0.15, -0.1) is 5.10 Å². The lowest BCUT2D eigenvalue weighted by atomic mass is 10.1. The molecule has 116 valence electrons. The fraction of sp³-hybridized carbons (Fsp3) is 0.429. The Kier molecular flexibility index (Phi) is 3.36. The minimum atomic E-state index is -0.0623. The topological polar surface area (TPSA) is 77.2 Å². The number of hydrogen-bond donors (Lipinski definition) is 2. The van der Waals surface area contributed by atoms with E-state index < -0.39 is 0 Å². The van der Waals surface area contributed by atoms with E-state index in [1.54, 1.807) is 6.26 Å². The Hall–Kier alpha value is -1.90. The smallest absolute Gasteiger partial charge is 0.235 e. The van der Waals surface area contributed by atoms with Gasteiger partial charge in [-0.2, -0.15) is 4.52 Å². The van der Waals surface area contributed by atoms with Gasteiger partial charge in [-0.25, -0.2) is 4.98 Å². The van der Waals surface area contributed by atoms with Crippen LogP contribution in [-0.4, -0.2) is 46.0 Å². The van der Waals surface area contributed by atoms with E-state index in [4.69, 9.17) is 9.15 Å². The Morgan fingerprint density at radius 1 is 1.41 bits per heavy atom. The predicted molar refractivity (Wildman–Crippen MR) is 79.3 cm³/mol. The van der Waals surface area contributed by atoms with Crippen molar-refractivity contribution in [2.75, 3.05) is 26.3 Å². The minimum Gasteiger partial charge on any atom is -0.492 e. The molecule has 4 heterocycles. The van der Waals surface area contributed by atoms with Crippen LogP contribution >= 0.6 is 11.3 Å². The SMILES string of the molecule is Cc1nc2sc([C@H](c3ccco3)[NH+]3CCOCC3)c(O)n2n1. The summed E-state index contributed by atoms with van der Waals surface area (Å²) >= 11 is 1.46. The van der Waals surface area contributed by atoms with Crippen LogP contribution in [0, 0.1) is 6.92 Å². The van der Waals surface area contributed by atoms with Crippen LogP contribution in [0.5, 0.6) is 5.88 Å². The number of morpholine rings is 1. The van der Waals surface area contributed by atoms with Crippen LogP contribution in [0.1, 0.15) is 22.5 Å². The summed E-state index contributed by atoms with van der Waals surface area (Å²) in [6.45, 7) is 4.99. The summed E-state index contributed by atoms with van der Waals surface area (Å²) in [5.74, 6) is 1.65. The molecule has 0 aliphatic carbocycles. The van der Waals surface area contributed by atoms with Crippen LogP contribution in [0.3, 0.4) is 0 Å². The maximum absolute atomic E-state index is 10.6. The number of hydrogen-bond acceptors (Lipinski definition) is 6. The molecule has 0 spiro atoms. The number of aryl methyl sites for hydroxylation is 1. The fourth-order valence-corrected chi connectivity index (χ4v) is 4.10. The molecule has 1 saturated heterocycles. The van der Waals surface area contributed by atoms with Crippen LogP contribution in [0.25, 0.3) is 4.96 Å². The highest BCUT2D eigenvalue weighted by molar-refractivity contribution is 7.17. The Bertz CT molecular complexity index is 774. The lowest BCUT2D eigenvalue weighted by molar-refractivity contribution is -0.933. The average molecular weight is 321 g/mol. The van der Waals surface area contributed by atoms with Crippen molar-refractivity contribution in [3.63, 3.8) is 0 Å². The number of thiazole rings is 1. The summed E-state index contributed by atoms with van der Waals surface area (Å²) in [6, 6.07) is 3.77. The van der Waals surface area contributed by atoms with Gasteiger partial charge in [-0.05, 0) is 19.1 Å². The van der Waals surface area contributed by atoms with E-state index in [9.17, 15) is 5.11 Å². The van der Waals surface area contributed by atoms with Crippen molar-refractivity contribution < 1.29 is 19.2 Å². The van der Waals surface area contributed by atoms with E-state index in [-0.39, 0.29) is 11.9 Å². The zero-order valence-electron chi connectivity index (χ0n) is 12.2. The number of aromatic hydroxyl groups is 1. The average Bonchev–Trinajstić information content (AvgIpc) is 3.22. The van der Waals surface area contributed by atoms with Gasteiger partial charge in [0.15, 0.2) is 11.8 Å². The third kappa shape index (κ3) is 2.20. The summed E-state index contributed by atoms with van der Waals surface area (Å²) in [5.41, 5.74) is 0. The quantitative estimate of drug-likeness (QED) is 0.730. The summed E-state index contributed by atoms with van der Waals surface area (Å²) in [6.07, 6.45) is 1.67. The number of quaternary nitrogens is 1. The molecule has 7 nitrogen and oxygen atoms in total. The number of furan rings is 1. The number of aromatic nitrogens is 3. The first-order chi connectivity index (χ1) is 10.7. The summed E-state index contributed by atoms with van der Waals surface area (Å²) in [5, 5.41) is 14.8. The molecule has 22 heavy (non-hydrogen) atoms. The summed E-state index contributed by atoms with van der Waals surface area (Å²) in [7, 11) is 0. The van der Waals surface area contributed by atoms with Crippen LogP contribution in [0.2, 0.25) is 0 Å². The normalized spacial score (nSPS) is 18.0. The summed E-state index contributed by atoms with van der Waals surface area (Å²) < 4.78 is 12.6. The van der Waals surface area contributed by atoms with Crippen molar-refractivity contribution in [1.82, 2.24) is 14.6 Å². The number of ether oxygens (including phenoxy) is 1. The predicted octanol–water partition coefficient (Wildman–Crippen LogP) is 0.402. The molecule has 1 atom stereocenters. The lowest BCUT2D eigenvalue weighted by Gasteiger charge is -2.29. The molecule has 0 aromatic carbocycles.